The molecule has 1 saturated heterocycles. The quantitative estimate of drug-likeness (QED) is 0.817. The molecule has 1 atom stereocenters. The second-order valence-electron chi connectivity index (χ2n) is 7.36. The normalized spacial score (nSPS) is 17.4. The monoisotopic (exact) mass is 364 g/mol. The van der Waals surface area contributed by atoms with Crippen molar-refractivity contribution in [1.29, 1.82) is 0 Å². The fraction of sp³-hybridized carbons (Fsp3) is 0.391. The Kier molecular flexibility index (Phi) is 6.77. The number of rotatable bonds is 7. The summed E-state index contributed by atoms with van der Waals surface area (Å²) >= 11 is 0. The van der Waals surface area contributed by atoms with Gasteiger partial charge in [0.25, 0.3) is 5.91 Å². The molecule has 1 heterocycles. The summed E-state index contributed by atoms with van der Waals surface area (Å²) in [5.41, 5.74) is 2.45. The predicted molar refractivity (Wildman–Crippen MR) is 108 cm³/mol. The fourth-order valence-corrected chi connectivity index (χ4v) is 3.66. The summed E-state index contributed by atoms with van der Waals surface area (Å²) in [5, 5.41) is 2.96. The highest BCUT2D eigenvalue weighted by Gasteiger charge is 2.21. The highest BCUT2D eigenvalue weighted by atomic mass is 16.1. The Bertz CT molecular complexity index is 773. The number of benzene rings is 2. The fourth-order valence-electron chi connectivity index (χ4n) is 3.66. The highest BCUT2D eigenvalue weighted by Crippen LogP contribution is 2.17. The van der Waals surface area contributed by atoms with Crippen LogP contribution in [0.15, 0.2) is 54.6 Å². The summed E-state index contributed by atoms with van der Waals surface area (Å²) < 4.78 is 0. The molecule has 1 unspecified atom stereocenters. The van der Waals surface area contributed by atoms with Crippen LogP contribution in [-0.2, 0) is 17.8 Å². The van der Waals surface area contributed by atoms with Gasteiger partial charge in [0.2, 0.25) is 0 Å². The number of Topliss-reactive ketones (excluding diaryl/α,β-unsaturated/α-hetero) is 1. The first-order chi connectivity index (χ1) is 13.1. The Balaban J connectivity index is 1.61. The number of nitrogens with zero attached hydrogens (tertiary/aromatic N) is 1. The molecule has 4 nitrogen and oxygen atoms in total. The topological polar surface area (TPSA) is 49.4 Å². The average Bonchev–Trinajstić information content (AvgIpc) is 2.69. The number of carbonyl (C=O) groups is 2. The third-order valence-electron chi connectivity index (χ3n) is 5.27. The molecule has 1 amide bonds. The molecule has 27 heavy (non-hydrogen) atoms. The Morgan fingerprint density at radius 1 is 1.04 bits per heavy atom. The van der Waals surface area contributed by atoms with Crippen LogP contribution in [0.25, 0.3) is 0 Å². The molecular formula is C23H28N2O2. The van der Waals surface area contributed by atoms with Crippen LogP contribution in [0.2, 0.25) is 0 Å². The van der Waals surface area contributed by atoms with Gasteiger partial charge in [-0.25, -0.2) is 0 Å². The Morgan fingerprint density at radius 2 is 1.78 bits per heavy atom. The molecule has 4 heteroatoms. The molecule has 0 spiro atoms. The molecule has 2 aromatic rings. The zero-order valence-corrected chi connectivity index (χ0v) is 16.0. The summed E-state index contributed by atoms with van der Waals surface area (Å²) in [6.07, 6.45) is 3.87. The Labute approximate surface area is 161 Å². The van der Waals surface area contributed by atoms with Crippen LogP contribution >= 0.6 is 0 Å². The summed E-state index contributed by atoms with van der Waals surface area (Å²) in [7, 11) is 0. The molecule has 3 rings (SSSR count). The van der Waals surface area contributed by atoms with E-state index < -0.39 is 0 Å². The second kappa shape index (κ2) is 9.47. The number of hydrogen-bond donors (Lipinski definition) is 1. The van der Waals surface area contributed by atoms with Crippen molar-refractivity contribution in [3.63, 3.8) is 0 Å². The molecule has 2 aromatic carbocycles. The van der Waals surface area contributed by atoms with Gasteiger partial charge >= 0.3 is 0 Å². The number of hydrogen-bond acceptors (Lipinski definition) is 3. The molecule has 0 saturated carbocycles. The molecule has 1 aliphatic heterocycles. The number of piperidine rings is 1. The summed E-state index contributed by atoms with van der Waals surface area (Å²) in [6.45, 7) is 4.14. The molecule has 0 aromatic heterocycles. The van der Waals surface area contributed by atoms with Gasteiger partial charge in [0, 0.05) is 24.6 Å². The van der Waals surface area contributed by atoms with E-state index in [4.69, 9.17) is 0 Å². The van der Waals surface area contributed by atoms with E-state index in [1.165, 1.54) is 6.42 Å². The molecule has 0 aliphatic carbocycles. The standard InChI is InChI=1S/C23H28N2O2/c1-18-9-7-8-14-25(18)17-21(26)15-20-12-5-6-13-22(20)23(27)24-16-19-10-3-2-4-11-19/h2-6,10-13,18H,7-9,14-17H2,1H3,(H,24,27). The highest BCUT2D eigenvalue weighted by molar-refractivity contribution is 5.97. The Hall–Kier alpha value is -2.46. The van der Waals surface area contributed by atoms with Crippen LogP contribution in [0.1, 0.15) is 47.7 Å². The third-order valence-corrected chi connectivity index (χ3v) is 5.27. The lowest BCUT2D eigenvalue weighted by Gasteiger charge is -2.32. The molecule has 0 bridgehead atoms. The number of ketones is 1. The summed E-state index contributed by atoms with van der Waals surface area (Å²) in [4.78, 5) is 27.5. The molecular weight excluding hydrogens is 336 g/mol. The van der Waals surface area contributed by atoms with Gasteiger partial charge in [-0.15, -0.1) is 0 Å². The van der Waals surface area contributed by atoms with Crippen LogP contribution in [0.3, 0.4) is 0 Å². The number of carbonyl (C=O) groups excluding carboxylic acids is 2. The molecule has 1 aliphatic rings. The molecule has 1 fully saturated rings. The lowest BCUT2D eigenvalue weighted by Crippen LogP contribution is -2.41. The number of nitrogens with one attached hydrogen (secondary N) is 1. The zero-order chi connectivity index (χ0) is 19.1. The van der Waals surface area contributed by atoms with Gasteiger partial charge in [-0.05, 0) is 43.5 Å². The van der Waals surface area contributed by atoms with E-state index in [0.29, 0.717) is 31.1 Å². The van der Waals surface area contributed by atoms with Gasteiger partial charge in [-0.1, -0.05) is 55.0 Å². The number of likely N-dealkylation sites (tertiary alicyclic amines) is 1. The van der Waals surface area contributed by atoms with Crippen LogP contribution in [0.4, 0.5) is 0 Å². The first-order valence-electron chi connectivity index (χ1n) is 9.79. The average molecular weight is 364 g/mol. The first kappa shape index (κ1) is 19.3. The van der Waals surface area contributed by atoms with Crippen molar-refractivity contribution in [3.8, 4) is 0 Å². The summed E-state index contributed by atoms with van der Waals surface area (Å²) in [6, 6.07) is 17.7. The van der Waals surface area contributed by atoms with Gasteiger partial charge in [-0.2, -0.15) is 0 Å². The van der Waals surface area contributed by atoms with Gasteiger partial charge < -0.3 is 5.32 Å². The van der Waals surface area contributed by atoms with Crippen LogP contribution in [0, 0.1) is 0 Å². The predicted octanol–water partition coefficient (Wildman–Crippen LogP) is 3.60. The van der Waals surface area contributed by atoms with Gasteiger partial charge in [-0.3, -0.25) is 14.5 Å². The van der Waals surface area contributed by atoms with E-state index in [2.05, 4.69) is 17.1 Å². The minimum atomic E-state index is -0.131. The van der Waals surface area contributed by atoms with E-state index in [9.17, 15) is 9.59 Å². The third kappa shape index (κ3) is 5.51. The van der Waals surface area contributed by atoms with Crippen molar-refractivity contribution in [2.75, 3.05) is 13.1 Å². The maximum Gasteiger partial charge on any atom is 0.251 e. The SMILES string of the molecule is CC1CCCCN1CC(=O)Cc1ccccc1C(=O)NCc1ccccc1. The van der Waals surface area contributed by atoms with Crippen LogP contribution in [-0.4, -0.2) is 35.7 Å². The van der Waals surface area contributed by atoms with Crippen molar-refractivity contribution in [2.45, 2.75) is 45.2 Å². The smallest absolute Gasteiger partial charge is 0.251 e. The van der Waals surface area contributed by atoms with Crippen molar-refractivity contribution in [2.24, 2.45) is 0 Å². The molecule has 142 valence electrons. The number of amides is 1. The van der Waals surface area contributed by atoms with Crippen molar-refractivity contribution < 1.29 is 9.59 Å². The molecule has 1 N–H and O–H groups in total. The van der Waals surface area contributed by atoms with E-state index in [0.717, 1.165) is 30.5 Å². The second-order valence-corrected chi connectivity index (χ2v) is 7.36. The minimum Gasteiger partial charge on any atom is -0.348 e. The largest absolute Gasteiger partial charge is 0.348 e. The lowest BCUT2D eigenvalue weighted by atomic mass is 9.99. The summed E-state index contributed by atoms with van der Waals surface area (Å²) in [5.74, 6) is 0.0423. The van der Waals surface area contributed by atoms with Crippen molar-refractivity contribution in [1.82, 2.24) is 10.2 Å². The first-order valence-corrected chi connectivity index (χ1v) is 9.79. The van der Waals surface area contributed by atoms with E-state index in [1.54, 1.807) is 6.07 Å². The minimum absolute atomic E-state index is 0.131. The molecule has 0 radical (unpaired) electrons. The van der Waals surface area contributed by atoms with Gasteiger partial charge in [0.1, 0.15) is 0 Å². The maximum absolute atomic E-state index is 12.6. The zero-order valence-electron chi connectivity index (χ0n) is 16.0. The van der Waals surface area contributed by atoms with Gasteiger partial charge in [0.15, 0.2) is 5.78 Å². The maximum atomic E-state index is 12.6. The lowest BCUT2D eigenvalue weighted by molar-refractivity contribution is -0.120. The van der Waals surface area contributed by atoms with Crippen molar-refractivity contribution >= 4 is 11.7 Å². The van der Waals surface area contributed by atoms with E-state index in [1.807, 2.05) is 48.5 Å². The Morgan fingerprint density at radius 3 is 2.56 bits per heavy atom. The van der Waals surface area contributed by atoms with Gasteiger partial charge in [0.05, 0.1) is 6.54 Å². The van der Waals surface area contributed by atoms with E-state index >= 15 is 0 Å². The van der Waals surface area contributed by atoms with Crippen LogP contribution in [0.5, 0.6) is 0 Å². The van der Waals surface area contributed by atoms with Crippen LogP contribution < -0.4 is 5.32 Å². The van der Waals surface area contributed by atoms with E-state index in [-0.39, 0.29) is 11.7 Å². The van der Waals surface area contributed by atoms with Crippen molar-refractivity contribution in [3.05, 3.63) is 71.3 Å².